The molecule has 0 aromatic heterocycles. The predicted octanol–water partition coefficient (Wildman–Crippen LogP) is 6.83. The van der Waals surface area contributed by atoms with Crippen LogP contribution in [0, 0.1) is 27.1 Å². The molecule has 3 rings (SSSR count). The van der Waals surface area contributed by atoms with Crippen LogP contribution in [0.2, 0.25) is 0 Å². The minimum Gasteiger partial charge on any atom is -0.299 e. The van der Waals surface area contributed by atoms with Gasteiger partial charge in [0.2, 0.25) is 0 Å². The Labute approximate surface area is 180 Å². The number of fused-ring (bicyclic) bond motifs is 1. The van der Waals surface area contributed by atoms with Crippen molar-refractivity contribution in [3.8, 4) is 0 Å². The summed E-state index contributed by atoms with van der Waals surface area (Å²) in [5, 5.41) is 6.31. The summed E-state index contributed by atoms with van der Waals surface area (Å²) < 4.78 is 0. The van der Waals surface area contributed by atoms with Crippen molar-refractivity contribution in [1.29, 1.82) is 0 Å². The van der Waals surface area contributed by atoms with Crippen LogP contribution in [0.5, 0.6) is 0 Å². The van der Waals surface area contributed by atoms with Crippen LogP contribution >= 0.6 is 0 Å². The van der Waals surface area contributed by atoms with Gasteiger partial charge in [0.25, 0.3) is 0 Å². The number of Topliss-reactive ketones (excluding diaryl/α,β-unsaturated/α-hetero) is 1. The summed E-state index contributed by atoms with van der Waals surface area (Å²) in [4.78, 5) is 33.6. The monoisotopic (exact) mass is 412 g/mol. The molecular formula is C25H36N2O3. The largest absolute Gasteiger partial charge is 0.299 e. The van der Waals surface area contributed by atoms with Crippen molar-refractivity contribution in [2.24, 2.45) is 27.6 Å². The number of nitroso groups, excluding NO2 is 2. The number of nitrogens with zero attached hydrogens (tertiary/aromatic N) is 2. The number of allylic oxidation sites excluding steroid dienone is 4. The standard InChI is InChI=1S/C25H36N2O3/c1-24(2,27-30)13-5-4-8-20-11-12-23-19(7-6-14-25(20,23)3)10-9-18-15-21(26-29)17-22(28)16-18/h4-5,9-10,20-21,23H,6-8,11-17H2,1-3H3/b5-4-,18-9+,19-10+. The Balaban J connectivity index is 1.67. The van der Waals surface area contributed by atoms with Gasteiger partial charge in [-0.1, -0.05) is 52.7 Å². The maximum Gasteiger partial charge on any atom is 0.139 e. The smallest absolute Gasteiger partial charge is 0.139 e. The van der Waals surface area contributed by atoms with Crippen molar-refractivity contribution < 1.29 is 4.79 Å². The van der Waals surface area contributed by atoms with Crippen LogP contribution in [0.25, 0.3) is 0 Å². The molecule has 5 heteroatoms. The van der Waals surface area contributed by atoms with E-state index in [1.165, 1.54) is 31.3 Å². The maximum absolute atomic E-state index is 11.9. The molecule has 3 fully saturated rings. The molecule has 30 heavy (non-hydrogen) atoms. The van der Waals surface area contributed by atoms with Gasteiger partial charge in [-0.2, -0.15) is 9.81 Å². The van der Waals surface area contributed by atoms with Crippen molar-refractivity contribution >= 4 is 5.78 Å². The van der Waals surface area contributed by atoms with Gasteiger partial charge in [0.15, 0.2) is 0 Å². The second-order valence-corrected chi connectivity index (χ2v) is 10.5. The van der Waals surface area contributed by atoms with Gasteiger partial charge in [-0.25, -0.2) is 0 Å². The SMILES string of the molecule is CC(C)(C/C=C\CC1CCC2/C(=C/C=C3/CC(=O)CC(N=O)C3)CCCC12C)N=O. The quantitative estimate of drug-likeness (QED) is 0.340. The third kappa shape index (κ3) is 5.22. The van der Waals surface area contributed by atoms with Crippen molar-refractivity contribution in [3.05, 3.63) is 45.3 Å². The molecule has 3 aliphatic carbocycles. The van der Waals surface area contributed by atoms with Gasteiger partial charge in [-0.15, -0.1) is 0 Å². The van der Waals surface area contributed by atoms with Crippen LogP contribution in [0.15, 0.2) is 45.8 Å². The van der Waals surface area contributed by atoms with Crippen LogP contribution < -0.4 is 0 Å². The molecule has 0 heterocycles. The topological polar surface area (TPSA) is 75.9 Å². The zero-order chi connectivity index (χ0) is 21.8. The highest BCUT2D eigenvalue weighted by atomic mass is 16.3. The summed E-state index contributed by atoms with van der Waals surface area (Å²) in [6.07, 6.45) is 18.0. The number of rotatable bonds is 7. The number of ketones is 1. The molecule has 0 spiro atoms. The Morgan fingerprint density at radius 3 is 2.67 bits per heavy atom. The first-order valence-electron chi connectivity index (χ1n) is 11.5. The second-order valence-electron chi connectivity index (χ2n) is 10.5. The number of hydrogen-bond acceptors (Lipinski definition) is 5. The van der Waals surface area contributed by atoms with Gasteiger partial charge < -0.3 is 0 Å². The summed E-state index contributed by atoms with van der Waals surface area (Å²) in [6.45, 7) is 6.20. The molecule has 164 valence electrons. The molecule has 0 aliphatic heterocycles. The summed E-state index contributed by atoms with van der Waals surface area (Å²) in [5.74, 6) is 1.40. The van der Waals surface area contributed by atoms with Crippen molar-refractivity contribution in [3.63, 3.8) is 0 Å². The minimum absolute atomic E-state index is 0.129. The first-order chi connectivity index (χ1) is 14.3. The molecule has 4 unspecified atom stereocenters. The van der Waals surface area contributed by atoms with E-state index in [9.17, 15) is 14.6 Å². The first-order valence-corrected chi connectivity index (χ1v) is 11.5. The lowest BCUT2D eigenvalue weighted by Crippen LogP contribution is -2.33. The van der Waals surface area contributed by atoms with Crippen LogP contribution in [0.4, 0.5) is 0 Å². The number of carbonyl (C=O) groups is 1. The van der Waals surface area contributed by atoms with Crippen molar-refractivity contribution in [2.75, 3.05) is 0 Å². The molecule has 5 nitrogen and oxygen atoms in total. The van der Waals surface area contributed by atoms with Crippen molar-refractivity contribution in [1.82, 2.24) is 0 Å². The fourth-order valence-corrected chi connectivity index (χ4v) is 5.86. The Hall–Kier alpha value is -1.91. The van der Waals surface area contributed by atoms with Gasteiger partial charge in [-0.3, -0.25) is 4.79 Å². The third-order valence-corrected chi connectivity index (χ3v) is 7.68. The Morgan fingerprint density at radius 2 is 1.93 bits per heavy atom. The van der Waals surface area contributed by atoms with Crippen LogP contribution in [0.1, 0.15) is 85.0 Å². The van der Waals surface area contributed by atoms with E-state index in [2.05, 4.69) is 41.6 Å². The molecule has 0 N–H and O–H groups in total. The average molecular weight is 413 g/mol. The van der Waals surface area contributed by atoms with E-state index in [-0.39, 0.29) is 11.8 Å². The van der Waals surface area contributed by atoms with E-state index >= 15 is 0 Å². The highest BCUT2D eigenvalue weighted by Crippen LogP contribution is 2.58. The second kappa shape index (κ2) is 9.49. The van der Waals surface area contributed by atoms with E-state index in [0.717, 1.165) is 18.4 Å². The molecule has 0 radical (unpaired) electrons. The maximum atomic E-state index is 11.9. The van der Waals surface area contributed by atoms with Gasteiger partial charge in [0.1, 0.15) is 17.4 Å². The Kier molecular flexibility index (Phi) is 7.20. The van der Waals surface area contributed by atoms with Crippen LogP contribution in [-0.4, -0.2) is 17.4 Å². The van der Waals surface area contributed by atoms with Gasteiger partial charge in [0, 0.05) is 12.8 Å². The van der Waals surface area contributed by atoms with Crippen LogP contribution in [-0.2, 0) is 4.79 Å². The number of hydrogen-bond donors (Lipinski definition) is 0. The Bertz CT molecular complexity index is 764. The lowest BCUT2D eigenvalue weighted by atomic mass is 9.63. The van der Waals surface area contributed by atoms with Crippen molar-refractivity contribution in [2.45, 2.75) is 96.6 Å². The zero-order valence-corrected chi connectivity index (χ0v) is 18.7. The average Bonchev–Trinajstić information content (AvgIpc) is 3.06. The van der Waals surface area contributed by atoms with Gasteiger partial charge in [0.05, 0.1) is 0 Å². The van der Waals surface area contributed by atoms with E-state index in [4.69, 9.17) is 0 Å². The van der Waals surface area contributed by atoms with E-state index < -0.39 is 5.54 Å². The fraction of sp³-hybridized carbons (Fsp3) is 0.720. The molecule has 0 aromatic carbocycles. The lowest BCUT2D eigenvalue weighted by molar-refractivity contribution is -0.119. The highest BCUT2D eigenvalue weighted by molar-refractivity contribution is 5.82. The molecule has 0 aromatic rings. The molecule has 0 amide bonds. The molecule has 0 saturated heterocycles. The Morgan fingerprint density at radius 1 is 1.13 bits per heavy atom. The normalized spacial score (nSPS) is 35.2. The molecule has 4 atom stereocenters. The summed E-state index contributed by atoms with van der Waals surface area (Å²) >= 11 is 0. The molecule has 3 aliphatic rings. The molecular weight excluding hydrogens is 376 g/mol. The van der Waals surface area contributed by atoms with E-state index in [0.29, 0.717) is 42.9 Å². The summed E-state index contributed by atoms with van der Waals surface area (Å²) in [5.41, 5.74) is 2.37. The molecule has 3 saturated carbocycles. The van der Waals surface area contributed by atoms with Gasteiger partial charge >= 0.3 is 0 Å². The van der Waals surface area contributed by atoms with E-state index in [1.807, 2.05) is 13.8 Å². The third-order valence-electron chi connectivity index (χ3n) is 7.68. The zero-order valence-electron chi connectivity index (χ0n) is 18.7. The first kappa shape index (κ1) is 22.8. The van der Waals surface area contributed by atoms with E-state index in [1.54, 1.807) is 0 Å². The highest BCUT2D eigenvalue weighted by Gasteiger charge is 2.48. The summed E-state index contributed by atoms with van der Waals surface area (Å²) in [6, 6.07) is -0.380. The van der Waals surface area contributed by atoms with Gasteiger partial charge in [-0.05, 0) is 82.5 Å². The predicted molar refractivity (Wildman–Crippen MR) is 121 cm³/mol. The number of carbonyl (C=O) groups excluding carboxylic acids is 1. The van der Waals surface area contributed by atoms with Crippen LogP contribution in [0.3, 0.4) is 0 Å². The minimum atomic E-state index is -0.522. The molecule has 0 bridgehead atoms. The lowest BCUT2D eigenvalue weighted by Gasteiger charge is -2.42. The summed E-state index contributed by atoms with van der Waals surface area (Å²) in [7, 11) is 0. The fourth-order valence-electron chi connectivity index (χ4n) is 5.86.